The van der Waals surface area contributed by atoms with Gasteiger partial charge in [0.2, 0.25) is 0 Å². The maximum Gasteiger partial charge on any atom is 0.0320 e. The Kier molecular flexibility index (Phi) is 6.53. The molecule has 1 aromatic carbocycles. The molecule has 0 aliphatic carbocycles. The second-order valence-electron chi connectivity index (χ2n) is 6.29. The topological polar surface area (TPSA) is 52.0 Å². The quantitative estimate of drug-likeness (QED) is 0.787. The van der Waals surface area contributed by atoms with Crippen LogP contribution in [0.1, 0.15) is 52.1 Å². The molecule has 4 atom stereocenters. The molecular weight excluding hydrogens is 232 g/mol. The molecule has 0 aliphatic rings. The molecule has 2 heteroatoms. The molecule has 0 aromatic heterocycles. The van der Waals surface area contributed by atoms with Crippen molar-refractivity contribution in [1.82, 2.24) is 0 Å². The third kappa shape index (κ3) is 4.96. The molecule has 1 rings (SSSR count). The Balaban J connectivity index is 2.45. The Labute approximate surface area is 118 Å². The molecule has 4 N–H and O–H groups in total. The molecule has 0 spiro atoms. The van der Waals surface area contributed by atoms with E-state index >= 15 is 0 Å². The van der Waals surface area contributed by atoms with Crippen molar-refractivity contribution in [2.45, 2.75) is 52.6 Å². The van der Waals surface area contributed by atoms with Gasteiger partial charge in [-0.3, -0.25) is 0 Å². The molecule has 2 nitrogen and oxygen atoms in total. The van der Waals surface area contributed by atoms with Crippen LogP contribution in [0.25, 0.3) is 0 Å². The Hall–Kier alpha value is -0.860. The summed E-state index contributed by atoms with van der Waals surface area (Å²) in [6.07, 6.45) is 2.29. The lowest BCUT2D eigenvalue weighted by molar-refractivity contribution is 0.308. The fourth-order valence-electron chi connectivity index (χ4n) is 2.56. The van der Waals surface area contributed by atoms with Gasteiger partial charge in [-0.1, -0.05) is 58.0 Å². The Morgan fingerprint density at radius 1 is 0.842 bits per heavy atom. The molecular formula is C17H30N2. The van der Waals surface area contributed by atoms with Crippen LogP contribution in [0.3, 0.4) is 0 Å². The first-order chi connectivity index (χ1) is 8.93. The maximum atomic E-state index is 6.33. The lowest BCUT2D eigenvalue weighted by Gasteiger charge is -2.26. The zero-order valence-electron chi connectivity index (χ0n) is 12.8. The lowest BCUT2D eigenvalue weighted by atomic mass is 9.84. The van der Waals surface area contributed by atoms with Gasteiger partial charge in [0.05, 0.1) is 0 Å². The second-order valence-corrected chi connectivity index (χ2v) is 6.29. The molecule has 0 fully saturated rings. The molecule has 0 aliphatic heterocycles. The monoisotopic (exact) mass is 262 g/mol. The minimum Gasteiger partial charge on any atom is -0.327 e. The summed E-state index contributed by atoms with van der Waals surface area (Å²) in [6.45, 7) is 8.89. The standard InChI is InChI=1S/C17H30N2/c1-12(2)16(18)13(3)10-11-14(4)17(19)15-8-6-5-7-9-15/h5-9,12-14,16-17H,10-11,18-19H2,1-4H3/t13?,14?,16-,17-/m0/s1. The van der Waals surface area contributed by atoms with E-state index in [0.29, 0.717) is 23.8 Å². The van der Waals surface area contributed by atoms with Crippen LogP contribution in [0.15, 0.2) is 30.3 Å². The van der Waals surface area contributed by atoms with Crippen molar-refractivity contribution in [2.24, 2.45) is 29.2 Å². The van der Waals surface area contributed by atoms with Crippen molar-refractivity contribution in [1.29, 1.82) is 0 Å². The fourth-order valence-corrected chi connectivity index (χ4v) is 2.56. The zero-order chi connectivity index (χ0) is 14.4. The van der Waals surface area contributed by atoms with Crippen molar-refractivity contribution in [3.05, 3.63) is 35.9 Å². The molecule has 2 unspecified atom stereocenters. The van der Waals surface area contributed by atoms with Crippen molar-refractivity contribution in [2.75, 3.05) is 0 Å². The predicted octanol–water partition coefficient (Wildman–Crippen LogP) is 3.72. The average molecular weight is 262 g/mol. The molecule has 0 bridgehead atoms. The number of rotatable bonds is 7. The van der Waals surface area contributed by atoms with Crippen molar-refractivity contribution >= 4 is 0 Å². The van der Waals surface area contributed by atoms with Crippen LogP contribution in [-0.2, 0) is 0 Å². The highest BCUT2D eigenvalue weighted by atomic mass is 14.7. The summed E-state index contributed by atoms with van der Waals surface area (Å²) in [4.78, 5) is 0. The number of hydrogen-bond donors (Lipinski definition) is 2. The molecule has 19 heavy (non-hydrogen) atoms. The van der Waals surface area contributed by atoms with E-state index in [2.05, 4.69) is 52.0 Å². The first-order valence-corrected chi connectivity index (χ1v) is 7.49. The van der Waals surface area contributed by atoms with E-state index in [1.165, 1.54) is 5.56 Å². The summed E-state index contributed by atoms with van der Waals surface area (Å²) in [7, 11) is 0. The van der Waals surface area contributed by atoms with Gasteiger partial charge in [-0.2, -0.15) is 0 Å². The summed E-state index contributed by atoms with van der Waals surface area (Å²) in [5.74, 6) is 1.60. The van der Waals surface area contributed by atoms with E-state index in [1.54, 1.807) is 0 Å². The summed E-state index contributed by atoms with van der Waals surface area (Å²) in [5, 5.41) is 0. The normalized spacial score (nSPS) is 18.1. The molecule has 0 heterocycles. The zero-order valence-corrected chi connectivity index (χ0v) is 12.8. The van der Waals surface area contributed by atoms with Gasteiger partial charge in [0.1, 0.15) is 0 Å². The molecule has 0 amide bonds. The van der Waals surface area contributed by atoms with Crippen LogP contribution in [0.5, 0.6) is 0 Å². The highest BCUT2D eigenvalue weighted by Crippen LogP contribution is 2.26. The van der Waals surface area contributed by atoms with Crippen molar-refractivity contribution in [3.8, 4) is 0 Å². The van der Waals surface area contributed by atoms with Gasteiger partial charge in [0.25, 0.3) is 0 Å². The first kappa shape index (κ1) is 16.2. The molecule has 0 radical (unpaired) electrons. The number of nitrogens with two attached hydrogens (primary N) is 2. The van der Waals surface area contributed by atoms with Crippen LogP contribution in [0.2, 0.25) is 0 Å². The van der Waals surface area contributed by atoms with Gasteiger partial charge >= 0.3 is 0 Å². The van der Waals surface area contributed by atoms with Crippen LogP contribution >= 0.6 is 0 Å². The van der Waals surface area contributed by atoms with Gasteiger partial charge < -0.3 is 11.5 Å². The highest BCUT2D eigenvalue weighted by molar-refractivity contribution is 5.18. The van der Waals surface area contributed by atoms with Gasteiger partial charge in [-0.15, -0.1) is 0 Å². The van der Waals surface area contributed by atoms with Crippen molar-refractivity contribution in [3.63, 3.8) is 0 Å². The minimum absolute atomic E-state index is 0.128. The minimum atomic E-state index is 0.128. The van der Waals surface area contributed by atoms with Crippen LogP contribution in [0, 0.1) is 17.8 Å². The largest absolute Gasteiger partial charge is 0.327 e. The Bertz CT molecular complexity index is 348. The third-order valence-corrected chi connectivity index (χ3v) is 4.30. The number of benzene rings is 1. The van der Waals surface area contributed by atoms with Gasteiger partial charge in [0, 0.05) is 12.1 Å². The first-order valence-electron chi connectivity index (χ1n) is 7.49. The van der Waals surface area contributed by atoms with Crippen LogP contribution in [0.4, 0.5) is 0 Å². The van der Waals surface area contributed by atoms with E-state index in [4.69, 9.17) is 11.5 Å². The summed E-state index contributed by atoms with van der Waals surface area (Å²) < 4.78 is 0. The number of hydrogen-bond acceptors (Lipinski definition) is 2. The Morgan fingerprint density at radius 2 is 1.37 bits per heavy atom. The third-order valence-electron chi connectivity index (χ3n) is 4.30. The highest BCUT2D eigenvalue weighted by Gasteiger charge is 2.19. The van der Waals surface area contributed by atoms with E-state index in [-0.39, 0.29) is 6.04 Å². The smallest absolute Gasteiger partial charge is 0.0320 e. The molecule has 108 valence electrons. The van der Waals surface area contributed by atoms with Gasteiger partial charge in [-0.25, -0.2) is 0 Å². The second kappa shape index (κ2) is 7.66. The van der Waals surface area contributed by atoms with E-state index in [1.807, 2.05) is 6.07 Å². The van der Waals surface area contributed by atoms with E-state index in [9.17, 15) is 0 Å². The lowest BCUT2D eigenvalue weighted by Crippen LogP contribution is -2.34. The van der Waals surface area contributed by atoms with E-state index in [0.717, 1.165) is 12.8 Å². The maximum absolute atomic E-state index is 6.33. The Morgan fingerprint density at radius 3 is 1.89 bits per heavy atom. The average Bonchev–Trinajstić information content (AvgIpc) is 2.43. The molecule has 0 saturated heterocycles. The summed E-state index contributed by atoms with van der Waals surface area (Å²) >= 11 is 0. The van der Waals surface area contributed by atoms with Crippen LogP contribution in [-0.4, -0.2) is 6.04 Å². The van der Waals surface area contributed by atoms with E-state index < -0.39 is 0 Å². The summed E-state index contributed by atoms with van der Waals surface area (Å²) in [6, 6.07) is 10.8. The fraction of sp³-hybridized carbons (Fsp3) is 0.647. The van der Waals surface area contributed by atoms with Crippen molar-refractivity contribution < 1.29 is 0 Å². The van der Waals surface area contributed by atoms with Crippen LogP contribution < -0.4 is 11.5 Å². The molecule has 0 saturated carbocycles. The summed E-state index contributed by atoms with van der Waals surface area (Å²) in [5.41, 5.74) is 13.8. The SMILES string of the molecule is CC(C)[C@H](N)C(C)CCC(C)[C@H](N)c1ccccc1. The van der Waals surface area contributed by atoms with Gasteiger partial charge in [-0.05, 0) is 36.2 Å². The van der Waals surface area contributed by atoms with Gasteiger partial charge in [0.15, 0.2) is 0 Å². The predicted molar refractivity (Wildman–Crippen MR) is 83.7 cm³/mol. The molecule has 1 aromatic rings.